The van der Waals surface area contributed by atoms with Crippen LogP contribution in [0.3, 0.4) is 0 Å². The minimum Gasteiger partial charge on any atom is -0.484 e. The van der Waals surface area contributed by atoms with Crippen molar-refractivity contribution in [1.29, 1.82) is 0 Å². The molecule has 1 aromatic heterocycles. The van der Waals surface area contributed by atoms with Crippen molar-refractivity contribution in [3.8, 4) is 5.75 Å². The lowest BCUT2D eigenvalue weighted by atomic mass is 10.2. The van der Waals surface area contributed by atoms with Gasteiger partial charge in [-0.3, -0.25) is 9.59 Å². The molecule has 3 rings (SSSR count). The molecule has 2 amide bonds. The van der Waals surface area contributed by atoms with Gasteiger partial charge in [-0.1, -0.05) is 0 Å². The van der Waals surface area contributed by atoms with E-state index in [1.807, 2.05) is 35.0 Å². The highest BCUT2D eigenvalue weighted by Gasteiger charge is 2.22. The third-order valence-electron chi connectivity index (χ3n) is 4.63. The van der Waals surface area contributed by atoms with Gasteiger partial charge in [0.05, 0.1) is 6.42 Å². The molecule has 0 saturated carbocycles. The van der Waals surface area contributed by atoms with Crippen molar-refractivity contribution in [1.82, 2.24) is 14.4 Å². The number of benzene rings is 1. The van der Waals surface area contributed by atoms with Crippen molar-refractivity contribution in [3.05, 3.63) is 54.1 Å². The highest BCUT2D eigenvalue weighted by molar-refractivity contribution is 5.80. The lowest BCUT2D eigenvalue weighted by Gasteiger charge is -2.22. The van der Waals surface area contributed by atoms with E-state index >= 15 is 0 Å². The average molecular weight is 373 g/mol. The van der Waals surface area contributed by atoms with Crippen LogP contribution < -0.4 is 4.74 Å². The highest BCUT2D eigenvalue weighted by Crippen LogP contribution is 2.12. The fourth-order valence-corrected chi connectivity index (χ4v) is 3.14. The first-order valence-electron chi connectivity index (χ1n) is 9.06. The van der Waals surface area contributed by atoms with Gasteiger partial charge in [0.1, 0.15) is 11.6 Å². The summed E-state index contributed by atoms with van der Waals surface area (Å²) in [6, 6.07) is 7.52. The molecule has 0 atom stereocenters. The fourth-order valence-electron chi connectivity index (χ4n) is 3.14. The number of hydrogen-bond donors (Lipinski definition) is 0. The second kappa shape index (κ2) is 8.70. The number of nitrogens with zero attached hydrogens (tertiary/aromatic N) is 3. The first kappa shape index (κ1) is 18.9. The van der Waals surface area contributed by atoms with Crippen LogP contribution in [-0.2, 0) is 23.1 Å². The molecule has 1 saturated heterocycles. The fraction of sp³-hybridized carbons (Fsp3) is 0.400. The first-order chi connectivity index (χ1) is 13.0. The van der Waals surface area contributed by atoms with E-state index in [9.17, 15) is 14.0 Å². The Balaban J connectivity index is 1.47. The Labute approximate surface area is 158 Å². The van der Waals surface area contributed by atoms with Crippen LogP contribution in [0.4, 0.5) is 4.39 Å². The van der Waals surface area contributed by atoms with Gasteiger partial charge in [0.15, 0.2) is 6.61 Å². The van der Waals surface area contributed by atoms with E-state index < -0.39 is 0 Å². The van der Waals surface area contributed by atoms with E-state index in [0.29, 0.717) is 38.3 Å². The van der Waals surface area contributed by atoms with Crippen LogP contribution in [0.15, 0.2) is 42.7 Å². The van der Waals surface area contributed by atoms with E-state index in [2.05, 4.69) is 0 Å². The molecule has 2 heterocycles. The molecular formula is C20H24FN3O3. The Hall–Kier alpha value is -2.83. The van der Waals surface area contributed by atoms with Crippen LogP contribution in [0.5, 0.6) is 5.75 Å². The van der Waals surface area contributed by atoms with Gasteiger partial charge >= 0.3 is 0 Å². The van der Waals surface area contributed by atoms with Crippen molar-refractivity contribution in [2.75, 3.05) is 32.8 Å². The van der Waals surface area contributed by atoms with Crippen LogP contribution in [0.1, 0.15) is 12.0 Å². The third-order valence-corrected chi connectivity index (χ3v) is 4.63. The van der Waals surface area contributed by atoms with Gasteiger partial charge in [-0.05, 0) is 42.3 Å². The van der Waals surface area contributed by atoms with E-state index in [4.69, 9.17) is 4.74 Å². The SMILES string of the molecule is Cn1ccc(CC(=O)N2CCCN(C(=O)COc3ccc(F)cc3)CC2)c1. The molecule has 7 heteroatoms. The summed E-state index contributed by atoms with van der Waals surface area (Å²) in [5.41, 5.74) is 0.993. The maximum absolute atomic E-state index is 12.9. The molecular weight excluding hydrogens is 349 g/mol. The van der Waals surface area contributed by atoms with Crippen LogP contribution >= 0.6 is 0 Å². The molecule has 6 nitrogen and oxygen atoms in total. The lowest BCUT2D eigenvalue weighted by Crippen LogP contribution is -2.39. The van der Waals surface area contributed by atoms with Crippen LogP contribution in [0.2, 0.25) is 0 Å². The number of aromatic nitrogens is 1. The average Bonchev–Trinajstić information content (AvgIpc) is 2.92. The zero-order chi connectivity index (χ0) is 19.2. The van der Waals surface area contributed by atoms with Crippen molar-refractivity contribution < 1.29 is 18.7 Å². The number of carbonyl (C=O) groups is 2. The molecule has 1 fully saturated rings. The van der Waals surface area contributed by atoms with Crippen LogP contribution in [0.25, 0.3) is 0 Å². The summed E-state index contributed by atoms with van der Waals surface area (Å²) >= 11 is 0. The minimum atomic E-state index is -0.346. The molecule has 0 spiro atoms. The number of hydrogen-bond acceptors (Lipinski definition) is 3. The summed E-state index contributed by atoms with van der Waals surface area (Å²) in [7, 11) is 1.93. The maximum Gasteiger partial charge on any atom is 0.260 e. The van der Waals surface area contributed by atoms with Crippen LogP contribution in [-0.4, -0.2) is 59.0 Å². The Morgan fingerprint density at radius 3 is 2.30 bits per heavy atom. The Morgan fingerprint density at radius 1 is 1.00 bits per heavy atom. The second-order valence-electron chi connectivity index (χ2n) is 6.72. The molecule has 27 heavy (non-hydrogen) atoms. The van der Waals surface area contributed by atoms with Gasteiger partial charge in [-0.2, -0.15) is 0 Å². The molecule has 2 aromatic rings. The van der Waals surface area contributed by atoms with Gasteiger partial charge in [-0.15, -0.1) is 0 Å². The lowest BCUT2D eigenvalue weighted by molar-refractivity contribution is -0.134. The number of amides is 2. The predicted molar refractivity (Wildman–Crippen MR) is 98.8 cm³/mol. The first-order valence-corrected chi connectivity index (χ1v) is 9.06. The molecule has 1 aromatic carbocycles. The van der Waals surface area contributed by atoms with Crippen molar-refractivity contribution in [3.63, 3.8) is 0 Å². The topological polar surface area (TPSA) is 54.8 Å². The van der Waals surface area contributed by atoms with E-state index in [1.165, 1.54) is 24.3 Å². The van der Waals surface area contributed by atoms with Gasteiger partial charge in [0.25, 0.3) is 5.91 Å². The Kier molecular flexibility index (Phi) is 6.11. The molecule has 1 aliphatic rings. The molecule has 144 valence electrons. The van der Waals surface area contributed by atoms with Gasteiger partial charge in [0, 0.05) is 45.6 Å². The quantitative estimate of drug-likeness (QED) is 0.804. The number of ether oxygens (including phenoxy) is 1. The Bertz CT molecular complexity index is 788. The zero-order valence-electron chi connectivity index (χ0n) is 15.4. The summed E-state index contributed by atoms with van der Waals surface area (Å²) in [6.07, 6.45) is 4.98. The summed E-state index contributed by atoms with van der Waals surface area (Å²) in [5, 5.41) is 0. The minimum absolute atomic E-state index is 0.0815. The third kappa shape index (κ3) is 5.32. The molecule has 0 bridgehead atoms. The standard InChI is InChI=1S/C20H24FN3O3/c1-22-10-7-16(14-22)13-19(25)23-8-2-9-24(12-11-23)20(26)15-27-18-5-3-17(21)4-6-18/h3-7,10,14H,2,8-9,11-13,15H2,1H3. The largest absolute Gasteiger partial charge is 0.484 e. The van der Waals surface area contributed by atoms with Crippen molar-refractivity contribution in [2.24, 2.45) is 7.05 Å². The van der Waals surface area contributed by atoms with Crippen molar-refractivity contribution in [2.45, 2.75) is 12.8 Å². The number of rotatable bonds is 5. The summed E-state index contributed by atoms with van der Waals surface area (Å²) in [6.45, 7) is 2.17. The highest BCUT2D eigenvalue weighted by atomic mass is 19.1. The van der Waals surface area contributed by atoms with Gasteiger partial charge in [0.2, 0.25) is 5.91 Å². The number of aryl methyl sites for hydroxylation is 1. The van der Waals surface area contributed by atoms with E-state index in [1.54, 1.807) is 4.90 Å². The summed E-state index contributed by atoms with van der Waals surface area (Å²) in [5.74, 6) is 0.0652. The zero-order valence-corrected chi connectivity index (χ0v) is 15.4. The normalized spacial score (nSPS) is 14.7. The van der Waals surface area contributed by atoms with E-state index in [0.717, 1.165) is 12.0 Å². The number of carbonyl (C=O) groups excluding carboxylic acids is 2. The summed E-state index contributed by atoms with van der Waals surface area (Å²) in [4.78, 5) is 28.4. The Morgan fingerprint density at radius 2 is 1.67 bits per heavy atom. The molecule has 0 aliphatic carbocycles. The molecule has 0 radical (unpaired) electrons. The second-order valence-corrected chi connectivity index (χ2v) is 6.72. The molecule has 1 aliphatic heterocycles. The van der Waals surface area contributed by atoms with Crippen molar-refractivity contribution >= 4 is 11.8 Å². The molecule has 0 N–H and O–H groups in total. The monoisotopic (exact) mass is 373 g/mol. The molecule has 0 unspecified atom stereocenters. The van der Waals surface area contributed by atoms with Gasteiger partial charge < -0.3 is 19.1 Å². The van der Waals surface area contributed by atoms with Crippen LogP contribution in [0, 0.1) is 5.82 Å². The predicted octanol–water partition coefficient (Wildman–Crippen LogP) is 1.85. The maximum atomic E-state index is 12.9. The smallest absolute Gasteiger partial charge is 0.260 e. The van der Waals surface area contributed by atoms with Gasteiger partial charge in [-0.25, -0.2) is 4.39 Å². The van der Waals surface area contributed by atoms with E-state index in [-0.39, 0.29) is 24.2 Å². The number of halogens is 1. The summed E-state index contributed by atoms with van der Waals surface area (Å²) < 4.78 is 20.3.